The van der Waals surface area contributed by atoms with Crippen molar-refractivity contribution in [1.82, 2.24) is 15.1 Å². The van der Waals surface area contributed by atoms with E-state index >= 15 is 0 Å². The molecule has 24 heteroatoms. The maximum Gasteiger partial charge on any atom is 0.308 e. The zero-order chi connectivity index (χ0) is 61.2. The summed E-state index contributed by atoms with van der Waals surface area (Å²) in [5, 5.41) is 158. The molecule has 15 N–H and O–H groups in total. The van der Waals surface area contributed by atoms with Crippen molar-refractivity contribution in [1.29, 1.82) is 0 Å². The van der Waals surface area contributed by atoms with Gasteiger partial charge in [0.15, 0.2) is 12.1 Å². The van der Waals surface area contributed by atoms with Gasteiger partial charge in [-0.1, -0.05) is 106 Å². The molecule has 2 bridgehead atoms. The van der Waals surface area contributed by atoms with E-state index in [-0.39, 0.29) is 31.6 Å². The summed E-state index contributed by atoms with van der Waals surface area (Å²) in [5.41, 5.74) is 0. The molecule has 0 aromatic carbocycles. The fourth-order valence-electron chi connectivity index (χ4n) is 11.0. The second-order valence-electron chi connectivity index (χ2n) is 23.0. The molecule has 5 aliphatic heterocycles. The molecule has 0 aromatic heterocycles. The molecule has 0 radical (unpaired) electrons. The SMILES string of the molecule is CCN1CCN(C(=O)C2C3C[C@@H](OC4O[C@H](C)[C@@H](O)[C@H](NC[C@@]5(O)OC[C@@H](O)[C@@H](O)[C@@H]5O)[C@@H]4O)C=CC=CC=CC=CC=CC=CC=C[C@H](C)[C@@H](O)[C@@H](C)[C@H](C)OC(=O)C[C@H](O)C[C@H](O)CC[C@@H](O)[C@H](O)C[C@H](O)C[C@](O)(C[C@@H]2O)O3)CC1. The van der Waals surface area contributed by atoms with Gasteiger partial charge >= 0.3 is 5.97 Å². The van der Waals surface area contributed by atoms with Crippen molar-refractivity contribution in [3.8, 4) is 0 Å². The van der Waals surface area contributed by atoms with Crippen LogP contribution in [0.15, 0.2) is 85.1 Å². The van der Waals surface area contributed by atoms with Crippen LogP contribution in [0.3, 0.4) is 0 Å². The van der Waals surface area contributed by atoms with E-state index in [0.717, 1.165) is 6.54 Å². The van der Waals surface area contributed by atoms with Gasteiger partial charge in [-0.2, -0.15) is 0 Å². The Balaban J connectivity index is 1.44. The number of fused-ring (bicyclic) bond motifs is 2. The van der Waals surface area contributed by atoms with Gasteiger partial charge in [0.2, 0.25) is 11.7 Å². The molecular formula is C59H95N3O21. The van der Waals surface area contributed by atoms with Crippen LogP contribution in [0.5, 0.6) is 0 Å². The van der Waals surface area contributed by atoms with Crippen LogP contribution in [0.4, 0.5) is 0 Å². The second-order valence-corrected chi connectivity index (χ2v) is 23.0. The number of amides is 1. The van der Waals surface area contributed by atoms with Crippen molar-refractivity contribution in [3.05, 3.63) is 85.1 Å². The molecule has 5 aliphatic rings. The Kier molecular flexibility index (Phi) is 28.2. The van der Waals surface area contributed by atoms with Gasteiger partial charge in [-0.25, -0.2) is 0 Å². The highest BCUT2D eigenvalue weighted by molar-refractivity contribution is 5.80. The Labute approximate surface area is 486 Å². The van der Waals surface area contributed by atoms with Crippen LogP contribution in [-0.2, 0) is 33.3 Å². The topological polar surface area (TPSA) is 382 Å². The van der Waals surface area contributed by atoms with E-state index < -0.39 is 184 Å². The number of aliphatic hydroxyl groups is 14. The molecule has 472 valence electrons. The molecule has 0 saturated carbocycles. The first-order chi connectivity index (χ1) is 39.3. The lowest BCUT2D eigenvalue weighted by atomic mass is 9.81. The fraction of sp³-hybridized carbons (Fsp3) is 0.729. The van der Waals surface area contributed by atoms with Gasteiger partial charge in [0.05, 0.1) is 98.7 Å². The number of nitrogens with zero attached hydrogens (tertiary/aromatic N) is 2. The molecule has 3 unspecified atom stereocenters. The summed E-state index contributed by atoms with van der Waals surface area (Å²) in [6.07, 6.45) is -2.61. The van der Waals surface area contributed by atoms with Crippen molar-refractivity contribution in [2.24, 2.45) is 17.8 Å². The molecule has 24 nitrogen and oxygen atoms in total. The smallest absolute Gasteiger partial charge is 0.308 e. The lowest BCUT2D eigenvalue weighted by Crippen LogP contribution is -2.69. The molecule has 0 aromatic rings. The third-order valence-corrected chi connectivity index (χ3v) is 16.4. The third kappa shape index (κ3) is 21.0. The number of cyclic esters (lactones) is 1. The molecule has 5 heterocycles. The van der Waals surface area contributed by atoms with E-state index in [1.54, 1.807) is 97.7 Å². The molecule has 23 atom stereocenters. The van der Waals surface area contributed by atoms with Gasteiger partial charge in [0, 0.05) is 63.7 Å². The number of carbonyl (C=O) groups excluding carboxylic acids is 2. The normalized spacial score (nSPS) is 42.5. The minimum Gasteiger partial charge on any atom is -0.462 e. The Hall–Kier alpha value is -3.68. The van der Waals surface area contributed by atoms with Crippen molar-refractivity contribution in [2.45, 2.75) is 208 Å². The molecular weight excluding hydrogens is 1090 g/mol. The number of piperazine rings is 1. The van der Waals surface area contributed by atoms with Gasteiger partial charge in [0.25, 0.3) is 0 Å². The summed E-state index contributed by atoms with van der Waals surface area (Å²) in [4.78, 5) is 31.1. The number of nitrogens with one attached hydrogen (secondary N) is 1. The van der Waals surface area contributed by atoms with Crippen LogP contribution in [-0.4, -0.2) is 261 Å². The Morgan fingerprint density at radius 3 is 1.87 bits per heavy atom. The number of ether oxygens (including phenoxy) is 5. The standard InChI is InChI=1S/C59H95N3O21/c1-6-61-23-25-62(26-24-61)56(76)49-45(68)32-58(77)31-41(65)28-44(67)43(66)22-21-39(63)27-40(64)29-48(70)80-37(4)36(3)51(71)35(2)19-17-15-13-11-9-7-8-10-12-14-16-18-20-42(30-47(49)83-58)82-57-54(74)50(52(72)38(5)81-57)60-34-59(78)55(75)53(73)46(69)33-79-59/h7-20,35-47,49-55,57,60,63-69,71-75,77-78H,6,21-34H2,1-5H3/t35-,36-,37-,38+,39+,40+,41-,42-,43+,44+,45-,46+,47?,49?,50-,51+,52+,53+,54-,55-,57?,58+,59+/m0/s1. The first-order valence-corrected chi connectivity index (χ1v) is 29.1. The van der Waals surface area contributed by atoms with E-state index in [4.69, 9.17) is 23.7 Å². The molecule has 0 aliphatic carbocycles. The van der Waals surface area contributed by atoms with Crippen molar-refractivity contribution in [2.75, 3.05) is 45.9 Å². The van der Waals surface area contributed by atoms with Crippen molar-refractivity contribution >= 4 is 11.9 Å². The first-order valence-electron chi connectivity index (χ1n) is 29.1. The fourth-order valence-corrected chi connectivity index (χ4v) is 11.0. The summed E-state index contributed by atoms with van der Waals surface area (Å²) in [5.74, 6) is -8.11. The molecule has 1 amide bonds. The monoisotopic (exact) mass is 1180 g/mol. The van der Waals surface area contributed by atoms with E-state index in [1.165, 1.54) is 6.92 Å². The maximum atomic E-state index is 14.6. The molecule has 83 heavy (non-hydrogen) atoms. The number of likely N-dealkylation sites (N-methyl/N-ethyl adjacent to an activating group) is 1. The Bertz CT molecular complexity index is 2190. The first kappa shape index (κ1) is 70.1. The van der Waals surface area contributed by atoms with Gasteiger partial charge in [-0.15, -0.1) is 0 Å². The predicted molar refractivity (Wildman–Crippen MR) is 301 cm³/mol. The molecule has 0 spiro atoms. The van der Waals surface area contributed by atoms with Crippen LogP contribution < -0.4 is 5.32 Å². The number of carbonyl (C=O) groups is 2. The summed E-state index contributed by atoms with van der Waals surface area (Å²) in [6, 6.07) is -1.34. The highest BCUT2D eigenvalue weighted by Gasteiger charge is 2.53. The average molecular weight is 1180 g/mol. The minimum atomic E-state index is -2.46. The van der Waals surface area contributed by atoms with Crippen LogP contribution in [0.1, 0.15) is 86.0 Å². The lowest BCUT2D eigenvalue weighted by molar-refractivity contribution is -0.323. The average Bonchev–Trinajstić information content (AvgIpc) is 3.06. The van der Waals surface area contributed by atoms with Crippen LogP contribution in [0, 0.1) is 17.8 Å². The number of hydrogen-bond donors (Lipinski definition) is 15. The van der Waals surface area contributed by atoms with Gasteiger partial charge < -0.3 is 110 Å². The lowest BCUT2D eigenvalue weighted by Gasteiger charge is -2.48. The molecule has 4 saturated heterocycles. The highest BCUT2D eigenvalue weighted by atomic mass is 16.7. The van der Waals surface area contributed by atoms with Crippen LogP contribution >= 0.6 is 0 Å². The Morgan fingerprint density at radius 2 is 1.25 bits per heavy atom. The molecule has 5 rings (SSSR count). The summed E-state index contributed by atoms with van der Waals surface area (Å²) in [7, 11) is 0. The Morgan fingerprint density at radius 1 is 0.651 bits per heavy atom. The number of rotatable bonds is 7. The highest BCUT2D eigenvalue weighted by Crippen LogP contribution is 2.39. The number of hydrogen-bond acceptors (Lipinski definition) is 23. The second kappa shape index (κ2) is 33.4. The summed E-state index contributed by atoms with van der Waals surface area (Å²) >= 11 is 0. The van der Waals surface area contributed by atoms with Gasteiger partial charge in [-0.3, -0.25) is 9.59 Å². The number of allylic oxidation sites excluding steroid dienone is 12. The van der Waals surface area contributed by atoms with Gasteiger partial charge in [0.1, 0.15) is 30.5 Å². The van der Waals surface area contributed by atoms with Crippen LogP contribution in [0.25, 0.3) is 0 Å². The zero-order valence-electron chi connectivity index (χ0n) is 48.3. The number of esters is 1. The maximum absolute atomic E-state index is 14.6. The largest absolute Gasteiger partial charge is 0.462 e. The van der Waals surface area contributed by atoms with E-state index in [1.807, 2.05) is 19.9 Å². The van der Waals surface area contributed by atoms with E-state index in [9.17, 15) is 81.1 Å². The quantitative estimate of drug-likeness (QED) is 0.125. The van der Waals surface area contributed by atoms with Gasteiger partial charge in [-0.05, 0) is 39.7 Å². The van der Waals surface area contributed by atoms with Crippen molar-refractivity contribution in [3.63, 3.8) is 0 Å². The van der Waals surface area contributed by atoms with E-state index in [0.29, 0.717) is 26.2 Å². The summed E-state index contributed by atoms with van der Waals surface area (Å²) < 4.78 is 29.6. The van der Waals surface area contributed by atoms with Crippen LogP contribution in [0.2, 0.25) is 0 Å². The molecule has 4 fully saturated rings. The predicted octanol–water partition coefficient (Wildman–Crippen LogP) is -1.78. The zero-order valence-corrected chi connectivity index (χ0v) is 48.3. The van der Waals surface area contributed by atoms with E-state index in [2.05, 4.69) is 10.2 Å². The summed E-state index contributed by atoms with van der Waals surface area (Å²) in [6.45, 7) is 10.0. The van der Waals surface area contributed by atoms with Crippen molar-refractivity contribution < 1.29 is 105 Å². The third-order valence-electron chi connectivity index (χ3n) is 16.4. The number of aliphatic hydroxyl groups excluding tert-OH is 12. The minimum absolute atomic E-state index is 0.124.